The van der Waals surface area contributed by atoms with Crippen molar-refractivity contribution in [3.05, 3.63) is 46.4 Å². The van der Waals surface area contributed by atoms with Gasteiger partial charge in [-0.3, -0.25) is 4.79 Å². The van der Waals surface area contributed by atoms with Crippen molar-refractivity contribution in [2.75, 3.05) is 0 Å². The first kappa shape index (κ1) is 10.1. The summed E-state index contributed by atoms with van der Waals surface area (Å²) in [5.41, 5.74) is 1.81. The van der Waals surface area contributed by atoms with Crippen LogP contribution in [-0.2, 0) is 0 Å². The molecule has 2 aromatic rings. The van der Waals surface area contributed by atoms with Crippen molar-refractivity contribution < 1.29 is 9.18 Å². The van der Waals surface area contributed by atoms with Crippen LogP contribution < -0.4 is 0 Å². The molecule has 0 fully saturated rings. The highest BCUT2D eigenvalue weighted by atomic mass is 32.1. The summed E-state index contributed by atoms with van der Waals surface area (Å²) < 4.78 is 13.6. The number of benzene rings is 1. The lowest BCUT2D eigenvalue weighted by Crippen LogP contribution is -1.93. The first-order valence-electron chi connectivity index (χ1n) is 4.51. The van der Waals surface area contributed by atoms with Crippen LogP contribution in [-0.4, -0.2) is 5.78 Å². The van der Waals surface area contributed by atoms with Gasteiger partial charge in [0.05, 0.1) is 0 Å². The summed E-state index contributed by atoms with van der Waals surface area (Å²) in [5.74, 6) is -0.466. The number of rotatable bonds is 2. The van der Waals surface area contributed by atoms with E-state index in [0.717, 1.165) is 5.56 Å². The zero-order valence-electron chi connectivity index (χ0n) is 8.16. The Morgan fingerprint density at radius 3 is 2.67 bits per heavy atom. The van der Waals surface area contributed by atoms with Gasteiger partial charge in [0.2, 0.25) is 0 Å². The van der Waals surface area contributed by atoms with Gasteiger partial charge in [0.1, 0.15) is 5.82 Å². The lowest BCUT2D eigenvalue weighted by molar-refractivity contribution is 0.101. The molecule has 1 aromatic heterocycles. The van der Waals surface area contributed by atoms with E-state index in [1.807, 2.05) is 16.8 Å². The molecule has 1 heterocycles. The number of hydrogen-bond acceptors (Lipinski definition) is 2. The second kappa shape index (κ2) is 3.95. The van der Waals surface area contributed by atoms with Gasteiger partial charge < -0.3 is 0 Å². The normalized spacial score (nSPS) is 10.3. The summed E-state index contributed by atoms with van der Waals surface area (Å²) in [4.78, 5) is 11.0. The average Bonchev–Trinajstić information content (AvgIpc) is 2.70. The Balaban J connectivity index is 2.48. The van der Waals surface area contributed by atoms with Gasteiger partial charge in [-0.2, -0.15) is 11.3 Å². The smallest absolute Gasteiger partial charge is 0.159 e. The predicted molar refractivity (Wildman–Crippen MR) is 59.7 cm³/mol. The Bertz CT molecular complexity index is 488. The monoisotopic (exact) mass is 220 g/mol. The van der Waals surface area contributed by atoms with Crippen LogP contribution in [0, 0.1) is 5.82 Å². The number of carbonyl (C=O) groups is 1. The molecule has 1 nitrogen and oxygen atoms in total. The quantitative estimate of drug-likeness (QED) is 0.704. The molecule has 0 unspecified atom stereocenters. The molecule has 15 heavy (non-hydrogen) atoms. The van der Waals surface area contributed by atoms with Crippen LogP contribution in [0.3, 0.4) is 0 Å². The van der Waals surface area contributed by atoms with Gasteiger partial charge in [-0.15, -0.1) is 0 Å². The van der Waals surface area contributed by atoms with Crippen molar-refractivity contribution in [1.29, 1.82) is 0 Å². The van der Waals surface area contributed by atoms with Gasteiger partial charge in [-0.25, -0.2) is 4.39 Å². The molecule has 76 valence electrons. The maximum Gasteiger partial charge on any atom is 0.159 e. The molecule has 0 saturated carbocycles. The molecule has 0 bridgehead atoms. The lowest BCUT2D eigenvalue weighted by atomic mass is 10.0. The molecule has 0 N–H and O–H groups in total. The Hall–Kier alpha value is -1.48. The predicted octanol–water partition coefficient (Wildman–Crippen LogP) is 3.76. The number of Topliss-reactive ketones (excluding diaryl/α,β-unsaturated/α-hetero) is 1. The van der Waals surface area contributed by atoms with Gasteiger partial charge in [0, 0.05) is 11.1 Å². The summed E-state index contributed by atoms with van der Waals surface area (Å²) in [7, 11) is 0. The van der Waals surface area contributed by atoms with Crippen LogP contribution in [0.2, 0.25) is 0 Å². The van der Waals surface area contributed by atoms with E-state index >= 15 is 0 Å². The molecule has 0 spiro atoms. The molecule has 3 heteroatoms. The topological polar surface area (TPSA) is 17.1 Å². The summed E-state index contributed by atoms with van der Waals surface area (Å²) >= 11 is 1.52. The maximum atomic E-state index is 13.6. The van der Waals surface area contributed by atoms with Crippen molar-refractivity contribution >= 4 is 17.1 Å². The SMILES string of the molecule is CC(=O)c1ccc(-c2ccsc2)c(F)c1. The molecule has 0 amide bonds. The van der Waals surface area contributed by atoms with Crippen molar-refractivity contribution in [1.82, 2.24) is 0 Å². The van der Waals surface area contributed by atoms with Crippen LogP contribution in [0.5, 0.6) is 0 Å². The van der Waals surface area contributed by atoms with Crippen LogP contribution in [0.25, 0.3) is 11.1 Å². The highest BCUT2D eigenvalue weighted by molar-refractivity contribution is 7.08. The Morgan fingerprint density at radius 2 is 2.13 bits per heavy atom. The van der Waals surface area contributed by atoms with Crippen LogP contribution in [0.1, 0.15) is 17.3 Å². The first-order valence-corrected chi connectivity index (χ1v) is 5.46. The highest BCUT2D eigenvalue weighted by Gasteiger charge is 2.08. The van der Waals surface area contributed by atoms with E-state index < -0.39 is 0 Å². The Kier molecular flexibility index (Phi) is 2.64. The van der Waals surface area contributed by atoms with Crippen molar-refractivity contribution in [2.45, 2.75) is 6.92 Å². The summed E-state index contributed by atoms with van der Waals surface area (Å²) in [5, 5.41) is 3.78. The minimum absolute atomic E-state index is 0.120. The van der Waals surface area contributed by atoms with Gasteiger partial charge in [0.25, 0.3) is 0 Å². The van der Waals surface area contributed by atoms with Crippen LogP contribution >= 0.6 is 11.3 Å². The number of halogens is 1. The number of ketones is 1. The molecule has 0 aliphatic heterocycles. The van der Waals surface area contributed by atoms with Gasteiger partial charge >= 0.3 is 0 Å². The van der Waals surface area contributed by atoms with Gasteiger partial charge in [-0.1, -0.05) is 12.1 Å². The molecule has 0 atom stereocenters. The number of hydrogen-bond donors (Lipinski definition) is 0. The molecule has 0 aliphatic carbocycles. The van der Waals surface area contributed by atoms with E-state index in [-0.39, 0.29) is 11.6 Å². The minimum atomic E-state index is -0.346. The zero-order valence-corrected chi connectivity index (χ0v) is 8.98. The molecular weight excluding hydrogens is 211 g/mol. The molecule has 2 rings (SSSR count). The van der Waals surface area contributed by atoms with E-state index in [4.69, 9.17) is 0 Å². The van der Waals surface area contributed by atoms with Gasteiger partial charge in [-0.05, 0) is 35.4 Å². The molecule has 0 saturated heterocycles. The van der Waals surface area contributed by atoms with E-state index in [2.05, 4.69) is 0 Å². The van der Waals surface area contributed by atoms with Crippen molar-refractivity contribution in [3.63, 3.8) is 0 Å². The maximum absolute atomic E-state index is 13.6. The summed E-state index contributed by atoms with van der Waals surface area (Å²) in [6.45, 7) is 1.43. The second-order valence-corrected chi connectivity index (χ2v) is 4.04. The van der Waals surface area contributed by atoms with E-state index in [1.165, 1.54) is 24.3 Å². The largest absolute Gasteiger partial charge is 0.295 e. The second-order valence-electron chi connectivity index (χ2n) is 3.26. The average molecular weight is 220 g/mol. The van der Waals surface area contributed by atoms with E-state index in [9.17, 15) is 9.18 Å². The van der Waals surface area contributed by atoms with Crippen molar-refractivity contribution in [2.24, 2.45) is 0 Å². The minimum Gasteiger partial charge on any atom is -0.295 e. The van der Waals surface area contributed by atoms with E-state index in [1.54, 1.807) is 12.1 Å². The summed E-state index contributed by atoms with van der Waals surface area (Å²) in [6, 6.07) is 6.44. The lowest BCUT2D eigenvalue weighted by Gasteiger charge is -2.02. The first-order chi connectivity index (χ1) is 7.18. The summed E-state index contributed by atoms with van der Waals surface area (Å²) in [6.07, 6.45) is 0. The fourth-order valence-corrected chi connectivity index (χ4v) is 2.04. The third-order valence-corrected chi connectivity index (χ3v) is 2.89. The van der Waals surface area contributed by atoms with Crippen molar-refractivity contribution in [3.8, 4) is 11.1 Å². The van der Waals surface area contributed by atoms with Crippen LogP contribution in [0.4, 0.5) is 4.39 Å². The Morgan fingerprint density at radius 1 is 1.33 bits per heavy atom. The van der Waals surface area contributed by atoms with Crippen LogP contribution in [0.15, 0.2) is 35.0 Å². The fraction of sp³-hybridized carbons (Fsp3) is 0.0833. The third-order valence-electron chi connectivity index (χ3n) is 2.21. The highest BCUT2D eigenvalue weighted by Crippen LogP contribution is 2.25. The number of thiophene rings is 1. The van der Waals surface area contributed by atoms with E-state index in [0.29, 0.717) is 11.1 Å². The standard InChI is InChI=1S/C12H9FOS/c1-8(14)9-2-3-11(12(13)6-9)10-4-5-15-7-10/h2-7H,1H3. The number of carbonyl (C=O) groups excluding carboxylic acids is 1. The van der Waals surface area contributed by atoms with Gasteiger partial charge in [0.15, 0.2) is 5.78 Å². The Labute approximate surface area is 91.2 Å². The molecule has 1 aromatic carbocycles. The molecule has 0 aliphatic rings. The fourth-order valence-electron chi connectivity index (χ4n) is 1.39. The third kappa shape index (κ3) is 1.97. The molecule has 0 radical (unpaired) electrons. The molecular formula is C12H9FOS. The zero-order chi connectivity index (χ0) is 10.8.